The fraction of sp³-hybridized carbons (Fsp3) is 0.933. The zero-order valence-electron chi connectivity index (χ0n) is 12.5. The highest BCUT2D eigenvalue weighted by molar-refractivity contribution is 5.75. The second kappa shape index (κ2) is 7.25. The van der Waals surface area contributed by atoms with Gasteiger partial charge < -0.3 is 15.1 Å². The van der Waals surface area contributed by atoms with E-state index in [0.717, 1.165) is 38.4 Å². The van der Waals surface area contributed by atoms with E-state index in [4.69, 9.17) is 0 Å². The van der Waals surface area contributed by atoms with Crippen LogP contribution >= 0.6 is 0 Å². The molecular formula is C15H29N3O. The Labute approximate surface area is 117 Å². The molecule has 0 aromatic heterocycles. The third-order valence-electron chi connectivity index (χ3n) is 4.61. The lowest BCUT2D eigenvalue weighted by Crippen LogP contribution is -2.35. The van der Waals surface area contributed by atoms with E-state index in [2.05, 4.69) is 17.3 Å². The second-order valence-electron chi connectivity index (χ2n) is 6.44. The second-order valence-corrected chi connectivity index (χ2v) is 6.44. The molecule has 4 nitrogen and oxygen atoms in total. The number of carbonyl (C=O) groups excluding carboxylic acids is 1. The van der Waals surface area contributed by atoms with Gasteiger partial charge >= 0.3 is 0 Å². The minimum atomic E-state index is 0.333. The number of hydrogen-bond donors (Lipinski definition) is 1. The number of likely N-dealkylation sites (tertiary alicyclic amines) is 1. The highest BCUT2D eigenvalue weighted by Crippen LogP contribution is 2.20. The van der Waals surface area contributed by atoms with Crippen LogP contribution in [0.25, 0.3) is 0 Å². The summed E-state index contributed by atoms with van der Waals surface area (Å²) in [6, 6.07) is 0. The summed E-state index contributed by atoms with van der Waals surface area (Å²) in [7, 11) is 4.15. The van der Waals surface area contributed by atoms with Crippen molar-refractivity contribution in [3.8, 4) is 0 Å². The van der Waals surface area contributed by atoms with Crippen molar-refractivity contribution in [3.05, 3.63) is 0 Å². The maximum Gasteiger partial charge on any atom is 0.222 e. The molecule has 0 aromatic carbocycles. The first kappa shape index (κ1) is 14.8. The fourth-order valence-corrected chi connectivity index (χ4v) is 3.39. The summed E-state index contributed by atoms with van der Waals surface area (Å²) in [5.41, 5.74) is 0. The van der Waals surface area contributed by atoms with Crippen molar-refractivity contribution in [2.24, 2.45) is 11.8 Å². The Morgan fingerprint density at radius 1 is 1.37 bits per heavy atom. The molecule has 19 heavy (non-hydrogen) atoms. The number of nitrogens with zero attached hydrogens (tertiary/aromatic N) is 2. The van der Waals surface area contributed by atoms with E-state index in [0.29, 0.717) is 11.8 Å². The van der Waals surface area contributed by atoms with Crippen LogP contribution in [0.1, 0.15) is 32.1 Å². The van der Waals surface area contributed by atoms with Crippen LogP contribution in [0.2, 0.25) is 0 Å². The fourth-order valence-electron chi connectivity index (χ4n) is 3.39. The van der Waals surface area contributed by atoms with E-state index >= 15 is 0 Å². The van der Waals surface area contributed by atoms with E-state index in [1.54, 1.807) is 0 Å². The molecule has 2 aliphatic heterocycles. The SMILES string of the molecule is CN1CCCC(CCC(=O)N(C)CC2CCNC2)C1. The minimum absolute atomic E-state index is 0.333. The van der Waals surface area contributed by atoms with Gasteiger partial charge in [0.1, 0.15) is 0 Å². The van der Waals surface area contributed by atoms with Gasteiger partial charge in [0.2, 0.25) is 5.91 Å². The van der Waals surface area contributed by atoms with Crippen molar-refractivity contribution >= 4 is 5.91 Å². The summed E-state index contributed by atoms with van der Waals surface area (Å²) in [5, 5.41) is 3.36. The number of hydrogen-bond acceptors (Lipinski definition) is 3. The summed E-state index contributed by atoms with van der Waals surface area (Å²) < 4.78 is 0. The smallest absolute Gasteiger partial charge is 0.222 e. The molecule has 2 aliphatic rings. The molecule has 2 heterocycles. The predicted octanol–water partition coefficient (Wildman–Crippen LogP) is 1.18. The lowest BCUT2D eigenvalue weighted by molar-refractivity contribution is -0.130. The van der Waals surface area contributed by atoms with E-state index in [-0.39, 0.29) is 0 Å². The van der Waals surface area contributed by atoms with Crippen molar-refractivity contribution in [2.45, 2.75) is 32.1 Å². The Balaban J connectivity index is 1.65. The lowest BCUT2D eigenvalue weighted by Gasteiger charge is -2.30. The Morgan fingerprint density at radius 2 is 2.21 bits per heavy atom. The third kappa shape index (κ3) is 4.77. The van der Waals surface area contributed by atoms with Gasteiger partial charge in [-0.3, -0.25) is 4.79 Å². The first-order valence-electron chi connectivity index (χ1n) is 7.78. The Bertz CT molecular complexity index is 289. The van der Waals surface area contributed by atoms with E-state index in [1.807, 2.05) is 11.9 Å². The van der Waals surface area contributed by atoms with Gasteiger partial charge in [-0.25, -0.2) is 0 Å². The molecule has 0 radical (unpaired) electrons. The van der Waals surface area contributed by atoms with E-state index in [1.165, 1.54) is 32.4 Å². The van der Waals surface area contributed by atoms with Gasteiger partial charge in [0.15, 0.2) is 0 Å². The van der Waals surface area contributed by atoms with Crippen LogP contribution in [0.3, 0.4) is 0 Å². The Hall–Kier alpha value is -0.610. The largest absolute Gasteiger partial charge is 0.345 e. The highest BCUT2D eigenvalue weighted by Gasteiger charge is 2.21. The molecule has 0 bridgehead atoms. The number of carbonyl (C=O) groups is 1. The summed E-state index contributed by atoms with van der Waals surface area (Å²) in [6.07, 6.45) is 5.60. The maximum atomic E-state index is 12.1. The number of amides is 1. The van der Waals surface area contributed by atoms with Gasteiger partial charge in [-0.2, -0.15) is 0 Å². The lowest BCUT2D eigenvalue weighted by atomic mass is 9.93. The van der Waals surface area contributed by atoms with Crippen LogP contribution in [0, 0.1) is 11.8 Å². The van der Waals surface area contributed by atoms with Crippen LogP contribution in [0.5, 0.6) is 0 Å². The first-order valence-corrected chi connectivity index (χ1v) is 7.78. The molecule has 2 unspecified atom stereocenters. The zero-order chi connectivity index (χ0) is 13.7. The van der Waals surface area contributed by atoms with Crippen LogP contribution in [0.4, 0.5) is 0 Å². The van der Waals surface area contributed by atoms with Crippen LogP contribution in [0.15, 0.2) is 0 Å². The van der Waals surface area contributed by atoms with Crippen LogP contribution < -0.4 is 5.32 Å². The van der Waals surface area contributed by atoms with Crippen molar-refractivity contribution in [1.29, 1.82) is 0 Å². The van der Waals surface area contributed by atoms with Gasteiger partial charge in [-0.1, -0.05) is 0 Å². The summed E-state index contributed by atoms with van der Waals surface area (Å²) in [6.45, 7) is 5.51. The summed E-state index contributed by atoms with van der Waals surface area (Å²) >= 11 is 0. The van der Waals surface area contributed by atoms with Gasteiger partial charge in [-0.15, -0.1) is 0 Å². The topological polar surface area (TPSA) is 35.6 Å². The normalized spacial score (nSPS) is 28.5. The minimum Gasteiger partial charge on any atom is -0.345 e. The Morgan fingerprint density at radius 3 is 2.89 bits per heavy atom. The number of rotatable bonds is 5. The molecule has 0 aromatic rings. The maximum absolute atomic E-state index is 12.1. The van der Waals surface area contributed by atoms with E-state index in [9.17, 15) is 4.79 Å². The average molecular weight is 267 g/mol. The molecular weight excluding hydrogens is 238 g/mol. The Kier molecular flexibility index (Phi) is 5.64. The van der Waals surface area contributed by atoms with E-state index < -0.39 is 0 Å². The summed E-state index contributed by atoms with van der Waals surface area (Å²) in [5.74, 6) is 1.72. The van der Waals surface area contributed by atoms with Crippen molar-refractivity contribution < 1.29 is 4.79 Å². The molecule has 0 spiro atoms. The third-order valence-corrected chi connectivity index (χ3v) is 4.61. The average Bonchev–Trinajstić information content (AvgIpc) is 2.89. The quantitative estimate of drug-likeness (QED) is 0.812. The first-order chi connectivity index (χ1) is 9.15. The zero-order valence-corrected chi connectivity index (χ0v) is 12.5. The van der Waals surface area contributed by atoms with Crippen molar-refractivity contribution in [1.82, 2.24) is 15.1 Å². The molecule has 0 saturated carbocycles. The van der Waals surface area contributed by atoms with Gasteiger partial charge in [-0.05, 0) is 64.2 Å². The molecule has 1 N–H and O–H groups in total. The number of nitrogens with one attached hydrogen (secondary N) is 1. The molecule has 1 amide bonds. The van der Waals surface area contributed by atoms with Crippen LogP contribution in [-0.4, -0.2) is 62.5 Å². The summed E-state index contributed by atoms with van der Waals surface area (Å²) in [4.78, 5) is 16.5. The monoisotopic (exact) mass is 267 g/mol. The van der Waals surface area contributed by atoms with Gasteiger partial charge in [0, 0.05) is 26.6 Å². The molecule has 2 atom stereocenters. The van der Waals surface area contributed by atoms with Crippen molar-refractivity contribution in [2.75, 3.05) is 46.8 Å². The molecule has 2 saturated heterocycles. The standard InChI is InChI=1S/C15H29N3O/c1-17-9-3-4-13(11-17)5-6-15(19)18(2)12-14-7-8-16-10-14/h13-14,16H,3-12H2,1-2H3. The van der Waals surface area contributed by atoms with Gasteiger partial charge in [0.05, 0.1) is 0 Å². The van der Waals surface area contributed by atoms with Crippen LogP contribution in [-0.2, 0) is 4.79 Å². The van der Waals surface area contributed by atoms with Gasteiger partial charge in [0.25, 0.3) is 0 Å². The van der Waals surface area contributed by atoms with Crippen molar-refractivity contribution in [3.63, 3.8) is 0 Å². The molecule has 2 fully saturated rings. The molecule has 2 rings (SSSR count). The predicted molar refractivity (Wildman–Crippen MR) is 78.1 cm³/mol. The number of piperidine rings is 1. The molecule has 4 heteroatoms. The highest BCUT2D eigenvalue weighted by atomic mass is 16.2. The molecule has 0 aliphatic carbocycles. The molecule has 110 valence electrons.